The molecule has 0 aliphatic heterocycles. The normalized spacial score (nSPS) is 13.2. The summed E-state index contributed by atoms with van der Waals surface area (Å²) >= 11 is 0. The Morgan fingerprint density at radius 2 is 1.37 bits per heavy atom. The number of nitrogens with zero attached hydrogens (tertiary/aromatic N) is 2. The van der Waals surface area contributed by atoms with E-state index in [2.05, 4.69) is 67.8 Å². The van der Waals surface area contributed by atoms with Crippen LogP contribution in [0.5, 0.6) is 0 Å². The summed E-state index contributed by atoms with van der Waals surface area (Å²) in [4.78, 5) is 5.06. The van der Waals surface area contributed by atoms with Crippen molar-refractivity contribution in [2.75, 3.05) is 39.3 Å². The van der Waals surface area contributed by atoms with Crippen molar-refractivity contribution in [3.63, 3.8) is 0 Å². The van der Waals surface area contributed by atoms with Gasteiger partial charge in [-0.25, -0.2) is 0 Å². The van der Waals surface area contributed by atoms with Crippen molar-refractivity contribution in [3.8, 4) is 0 Å². The van der Waals surface area contributed by atoms with Gasteiger partial charge < -0.3 is 9.80 Å². The molecule has 1 atom stereocenters. The maximum absolute atomic E-state index is 2.57. The van der Waals surface area contributed by atoms with Crippen LogP contribution in [0, 0.1) is 0 Å². The summed E-state index contributed by atoms with van der Waals surface area (Å²) in [6.07, 6.45) is 0. The number of benzene rings is 1. The van der Waals surface area contributed by atoms with E-state index >= 15 is 0 Å². The van der Waals surface area contributed by atoms with Gasteiger partial charge in [-0.05, 0) is 31.1 Å². The molecule has 1 rings (SSSR count). The molecule has 0 fully saturated rings. The fourth-order valence-corrected chi connectivity index (χ4v) is 2.48. The largest absolute Gasteiger partial charge is 0.303 e. The van der Waals surface area contributed by atoms with Crippen molar-refractivity contribution in [3.05, 3.63) is 35.9 Å². The average molecular weight is 262 g/mol. The van der Waals surface area contributed by atoms with Crippen LogP contribution in [0.1, 0.15) is 39.2 Å². The highest BCUT2D eigenvalue weighted by atomic mass is 15.2. The Balaban J connectivity index is 2.43. The third-order valence-corrected chi connectivity index (χ3v) is 3.97. The number of hydrogen-bond donors (Lipinski definition) is 0. The number of likely N-dealkylation sites (N-methyl/N-ethyl adjacent to an activating group) is 2. The first kappa shape index (κ1) is 16.2. The molecule has 0 N–H and O–H groups in total. The molecule has 108 valence electrons. The molecule has 0 bridgehead atoms. The van der Waals surface area contributed by atoms with Gasteiger partial charge in [0.2, 0.25) is 0 Å². The van der Waals surface area contributed by atoms with Gasteiger partial charge in [-0.3, -0.25) is 0 Å². The molecule has 0 spiro atoms. The Bertz CT molecular complexity index is 319. The van der Waals surface area contributed by atoms with Crippen molar-refractivity contribution < 1.29 is 0 Å². The highest BCUT2D eigenvalue weighted by Crippen LogP contribution is 2.15. The van der Waals surface area contributed by atoms with Crippen molar-refractivity contribution in [1.29, 1.82) is 0 Å². The molecule has 2 nitrogen and oxygen atoms in total. The Morgan fingerprint density at radius 3 is 1.89 bits per heavy atom. The van der Waals surface area contributed by atoms with Crippen LogP contribution in [0.4, 0.5) is 0 Å². The summed E-state index contributed by atoms with van der Waals surface area (Å²) in [7, 11) is 0. The molecule has 0 aliphatic rings. The summed E-state index contributed by atoms with van der Waals surface area (Å²) in [5.41, 5.74) is 1.45. The van der Waals surface area contributed by atoms with Crippen molar-refractivity contribution in [2.45, 2.75) is 33.6 Å². The molecule has 0 aliphatic carbocycles. The molecule has 2 heteroatoms. The summed E-state index contributed by atoms with van der Waals surface area (Å²) in [6.45, 7) is 16.0. The van der Waals surface area contributed by atoms with Gasteiger partial charge in [0.1, 0.15) is 0 Å². The smallest absolute Gasteiger partial charge is 0.0109 e. The second kappa shape index (κ2) is 9.11. The van der Waals surface area contributed by atoms with E-state index in [4.69, 9.17) is 0 Å². The van der Waals surface area contributed by atoms with Gasteiger partial charge in [-0.1, -0.05) is 58.0 Å². The van der Waals surface area contributed by atoms with E-state index in [0.717, 1.165) is 26.2 Å². The van der Waals surface area contributed by atoms with Crippen molar-refractivity contribution >= 4 is 0 Å². The van der Waals surface area contributed by atoms with Gasteiger partial charge in [0.15, 0.2) is 0 Å². The third kappa shape index (κ3) is 5.75. The highest BCUT2D eigenvalue weighted by molar-refractivity contribution is 5.18. The monoisotopic (exact) mass is 262 g/mol. The zero-order valence-electron chi connectivity index (χ0n) is 13.1. The SMILES string of the molecule is CCN(CC)CCN(CC)C[C@@H](C)c1ccccc1. The lowest BCUT2D eigenvalue weighted by Gasteiger charge is -2.27. The minimum atomic E-state index is 0.609. The van der Waals surface area contributed by atoms with Crippen LogP contribution >= 0.6 is 0 Å². The van der Waals surface area contributed by atoms with Gasteiger partial charge >= 0.3 is 0 Å². The van der Waals surface area contributed by atoms with E-state index < -0.39 is 0 Å². The molecule has 0 amide bonds. The molecule has 19 heavy (non-hydrogen) atoms. The quantitative estimate of drug-likeness (QED) is 0.672. The van der Waals surface area contributed by atoms with Crippen LogP contribution in [0.2, 0.25) is 0 Å². The molecule has 0 aromatic heterocycles. The van der Waals surface area contributed by atoms with E-state index in [-0.39, 0.29) is 0 Å². The van der Waals surface area contributed by atoms with Gasteiger partial charge in [0.05, 0.1) is 0 Å². The zero-order valence-corrected chi connectivity index (χ0v) is 13.1. The maximum atomic E-state index is 2.57. The zero-order chi connectivity index (χ0) is 14.1. The number of rotatable bonds is 9. The van der Waals surface area contributed by atoms with E-state index in [1.165, 1.54) is 18.7 Å². The topological polar surface area (TPSA) is 6.48 Å². The van der Waals surface area contributed by atoms with Gasteiger partial charge in [0.25, 0.3) is 0 Å². The predicted molar refractivity (Wildman–Crippen MR) is 84.8 cm³/mol. The summed E-state index contributed by atoms with van der Waals surface area (Å²) in [5, 5.41) is 0. The fourth-order valence-electron chi connectivity index (χ4n) is 2.48. The summed E-state index contributed by atoms with van der Waals surface area (Å²) in [6, 6.07) is 10.8. The Morgan fingerprint density at radius 1 is 0.842 bits per heavy atom. The maximum Gasteiger partial charge on any atom is 0.0109 e. The highest BCUT2D eigenvalue weighted by Gasteiger charge is 2.11. The standard InChI is InChI=1S/C17H30N2/c1-5-18(6-2)13-14-19(7-3)15-16(4)17-11-9-8-10-12-17/h8-12,16H,5-7,13-15H2,1-4H3/t16-/m1/s1. The predicted octanol–water partition coefficient (Wildman–Crippen LogP) is 3.45. The van der Waals surface area contributed by atoms with Gasteiger partial charge in [-0.15, -0.1) is 0 Å². The van der Waals surface area contributed by atoms with Gasteiger partial charge in [-0.2, -0.15) is 0 Å². The lowest BCUT2D eigenvalue weighted by molar-refractivity contribution is 0.214. The summed E-state index contributed by atoms with van der Waals surface area (Å²) < 4.78 is 0. The van der Waals surface area contributed by atoms with Crippen LogP contribution in [0.3, 0.4) is 0 Å². The molecule has 0 saturated carbocycles. The Kier molecular flexibility index (Phi) is 7.76. The van der Waals surface area contributed by atoms with Crippen LogP contribution in [0.15, 0.2) is 30.3 Å². The molecule has 0 saturated heterocycles. The molecule has 0 radical (unpaired) electrons. The molecular formula is C17H30N2. The third-order valence-electron chi connectivity index (χ3n) is 3.97. The first-order chi connectivity index (χ1) is 9.21. The van der Waals surface area contributed by atoms with E-state index in [1.54, 1.807) is 0 Å². The molecular weight excluding hydrogens is 232 g/mol. The van der Waals surface area contributed by atoms with E-state index in [0.29, 0.717) is 5.92 Å². The minimum absolute atomic E-state index is 0.609. The van der Waals surface area contributed by atoms with E-state index in [9.17, 15) is 0 Å². The minimum Gasteiger partial charge on any atom is -0.303 e. The van der Waals surface area contributed by atoms with E-state index in [1.807, 2.05) is 0 Å². The lowest BCUT2D eigenvalue weighted by atomic mass is 10.0. The first-order valence-electron chi connectivity index (χ1n) is 7.70. The first-order valence-corrected chi connectivity index (χ1v) is 7.70. The Hall–Kier alpha value is -0.860. The summed E-state index contributed by atoms with van der Waals surface area (Å²) in [5.74, 6) is 0.609. The van der Waals surface area contributed by atoms with Crippen LogP contribution in [-0.4, -0.2) is 49.1 Å². The van der Waals surface area contributed by atoms with Crippen molar-refractivity contribution in [1.82, 2.24) is 9.80 Å². The fraction of sp³-hybridized carbons (Fsp3) is 0.647. The molecule has 0 heterocycles. The van der Waals surface area contributed by atoms with Crippen LogP contribution in [-0.2, 0) is 0 Å². The molecule has 1 aromatic rings. The number of hydrogen-bond acceptors (Lipinski definition) is 2. The molecule has 1 aromatic carbocycles. The van der Waals surface area contributed by atoms with Crippen LogP contribution in [0.25, 0.3) is 0 Å². The van der Waals surface area contributed by atoms with Gasteiger partial charge in [0, 0.05) is 19.6 Å². The molecule has 0 unspecified atom stereocenters. The lowest BCUT2D eigenvalue weighted by Crippen LogP contribution is -2.36. The van der Waals surface area contributed by atoms with Crippen molar-refractivity contribution in [2.24, 2.45) is 0 Å². The average Bonchev–Trinajstić information content (AvgIpc) is 2.47. The second-order valence-electron chi connectivity index (χ2n) is 5.23. The Labute approximate surface area is 119 Å². The van der Waals surface area contributed by atoms with Crippen LogP contribution < -0.4 is 0 Å². The second-order valence-corrected chi connectivity index (χ2v) is 5.23.